The summed E-state index contributed by atoms with van der Waals surface area (Å²) in [5, 5.41) is 12.6. The van der Waals surface area contributed by atoms with Crippen LogP contribution in [-0.4, -0.2) is 22.5 Å². The van der Waals surface area contributed by atoms with Crippen LogP contribution in [0.3, 0.4) is 0 Å². The van der Waals surface area contributed by atoms with Crippen molar-refractivity contribution in [2.24, 2.45) is 0 Å². The first-order valence-electron chi connectivity index (χ1n) is 6.10. The average Bonchev–Trinajstić information content (AvgIpc) is 2.46. The van der Waals surface area contributed by atoms with Gasteiger partial charge in [-0.25, -0.2) is 0 Å². The van der Waals surface area contributed by atoms with Crippen LogP contribution in [0.4, 0.5) is 0 Å². The zero-order chi connectivity index (χ0) is 13.7. The summed E-state index contributed by atoms with van der Waals surface area (Å²) in [6, 6.07) is 12.7. The van der Waals surface area contributed by atoms with E-state index in [9.17, 15) is 9.90 Å². The molecule has 1 atom stereocenters. The molecule has 2 aromatic rings. The number of benzene rings is 1. The molecule has 98 valence electrons. The van der Waals surface area contributed by atoms with E-state index in [4.69, 9.17) is 0 Å². The van der Waals surface area contributed by atoms with Gasteiger partial charge in [-0.2, -0.15) is 0 Å². The molecule has 1 heterocycles. The zero-order valence-electron chi connectivity index (χ0n) is 10.7. The molecule has 0 aliphatic carbocycles. The first-order chi connectivity index (χ1) is 9.16. The van der Waals surface area contributed by atoms with Gasteiger partial charge >= 0.3 is 0 Å². The molecule has 1 aromatic heterocycles. The van der Waals surface area contributed by atoms with Gasteiger partial charge < -0.3 is 10.4 Å². The van der Waals surface area contributed by atoms with Crippen molar-refractivity contribution in [3.63, 3.8) is 0 Å². The molecule has 2 N–H and O–H groups in total. The molecule has 0 fully saturated rings. The van der Waals surface area contributed by atoms with E-state index in [0.29, 0.717) is 5.56 Å². The number of nitrogens with zero attached hydrogens (tertiary/aromatic N) is 1. The Morgan fingerprint density at radius 3 is 2.63 bits per heavy atom. The van der Waals surface area contributed by atoms with Gasteiger partial charge in [0.05, 0.1) is 11.7 Å². The number of pyridine rings is 1. The third kappa shape index (κ3) is 3.63. The van der Waals surface area contributed by atoms with Gasteiger partial charge in [-0.3, -0.25) is 9.78 Å². The second-order valence-electron chi connectivity index (χ2n) is 4.32. The largest absolute Gasteiger partial charge is 0.387 e. The molecule has 0 saturated heterocycles. The molecule has 1 unspecified atom stereocenters. The molecule has 0 spiro atoms. The lowest BCUT2D eigenvalue weighted by Gasteiger charge is -2.12. The Morgan fingerprint density at radius 1 is 1.26 bits per heavy atom. The van der Waals surface area contributed by atoms with Crippen LogP contribution in [-0.2, 0) is 0 Å². The van der Waals surface area contributed by atoms with Crippen molar-refractivity contribution in [2.75, 3.05) is 6.54 Å². The van der Waals surface area contributed by atoms with Crippen LogP contribution < -0.4 is 5.32 Å². The molecule has 0 saturated carbocycles. The molecule has 0 radical (unpaired) electrons. The Hall–Kier alpha value is -2.20. The molecule has 19 heavy (non-hydrogen) atoms. The van der Waals surface area contributed by atoms with Crippen LogP contribution in [0.1, 0.15) is 27.7 Å². The average molecular weight is 256 g/mol. The number of aryl methyl sites for hydroxylation is 1. The molecule has 0 aliphatic rings. The molecule has 4 heteroatoms. The maximum Gasteiger partial charge on any atom is 0.252 e. The molecule has 4 nitrogen and oxygen atoms in total. The number of carbonyl (C=O) groups excluding carboxylic acids is 1. The summed E-state index contributed by atoms with van der Waals surface area (Å²) in [6.45, 7) is 2.04. The Bertz CT molecular complexity index is 538. The maximum absolute atomic E-state index is 11.8. The third-order valence-corrected chi connectivity index (χ3v) is 2.81. The second kappa shape index (κ2) is 6.11. The summed E-state index contributed by atoms with van der Waals surface area (Å²) < 4.78 is 0. The minimum absolute atomic E-state index is 0.177. The number of hydrogen-bond acceptors (Lipinski definition) is 3. The highest BCUT2D eigenvalue weighted by atomic mass is 16.3. The summed E-state index contributed by atoms with van der Waals surface area (Å²) >= 11 is 0. The van der Waals surface area contributed by atoms with E-state index in [2.05, 4.69) is 10.3 Å². The number of aliphatic hydroxyl groups excluding tert-OH is 1. The van der Waals surface area contributed by atoms with Crippen molar-refractivity contribution in [1.82, 2.24) is 10.3 Å². The van der Waals surface area contributed by atoms with E-state index in [1.54, 1.807) is 12.1 Å². The van der Waals surface area contributed by atoms with Crippen molar-refractivity contribution < 1.29 is 9.90 Å². The summed E-state index contributed by atoms with van der Waals surface area (Å²) in [5.74, 6) is -0.234. The predicted molar refractivity (Wildman–Crippen MR) is 72.7 cm³/mol. The highest BCUT2D eigenvalue weighted by Crippen LogP contribution is 2.10. The van der Waals surface area contributed by atoms with Gasteiger partial charge in [0.1, 0.15) is 0 Å². The van der Waals surface area contributed by atoms with Crippen LogP contribution in [0.2, 0.25) is 0 Å². The third-order valence-electron chi connectivity index (χ3n) is 2.81. The zero-order valence-corrected chi connectivity index (χ0v) is 10.7. The number of carbonyl (C=O) groups is 1. The van der Waals surface area contributed by atoms with Gasteiger partial charge in [-0.15, -0.1) is 0 Å². The highest BCUT2D eigenvalue weighted by Gasteiger charge is 2.10. The van der Waals surface area contributed by atoms with Gasteiger partial charge in [0, 0.05) is 18.4 Å². The SMILES string of the molecule is Cc1ccc(C(=O)NCC(O)c2ccccc2)cn1. The van der Waals surface area contributed by atoms with Crippen molar-refractivity contribution >= 4 is 5.91 Å². The lowest BCUT2D eigenvalue weighted by atomic mass is 10.1. The summed E-state index contributed by atoms with van der Waals surface area (Å²) in [6.07, 6.45) is 0.822. The van der Waals surface area contributed by atoms with E-state index >= 15 is 0 Å². The van der Waals surface area contributed by atoms with E-state index in [0.717, 1.165) is 11.3 Å². The summed E-state index contributed by atoms with van der Waals surface area (Å²) in [4.78, 5) is 15.9. The lowest BCUT2D eigenvalue weighted by Crippen LogP contribution is -2.28. The number of rotatable bonds is 4. The number of hydrogen-bond donors (Lipinski definition) is 2. The van der Waals surface area contributed by atoms with Crippen LogP contribution in [0, 0.1) is 6.92 Å². The number of amides is 1. The molecule has 1 amide bonds. The van der Waals surface area contributed by atoms with Crippen LogP contribution in [0.25, 0.3) is 0 Å². The fourth-order valence-corrected chi connectivity index (χ4v) is 1.69. The molecule has 1 aromatic carbocycles. The van der Waals surface area contributed by atoms with Crippen molar-refractivity contribution in [3.8, 4) is 0 Å². The monoisotopic (exact) mass is 256 g/mol. The van der Waals surface area contributed by atoms with Gasteiger partial charge in [0.2, 0.25) is 0 Å². The number of aromatic nitrogens is 1. The minimum Gasteiger partial charge on any atom is -0.387 e. The van der Waals surface area contributed by atoms with Gasteiger partial charge in [-0.1, -0.05) is 30.3 Å². The Labute approximate surface area is 112 Å². The Balaban J connectivity index is 1.92. The summed E-state index contributed by atoms with van der Waals surface area (Å²) in [5.41, 5.74) is 2.14. The Kier molecular flexibility index (Phi) is 4.26. The smallest absolute Gasteiger partial charge is 0.252 e. The van der Waals surface area contributed by atoms with E-state index < -0.39 is 6.10 Å². The molecule has 0 bridgehead atoms. The predicted octanol–water partition coefficient (Wildman–Crippen LogP) is 1.85. The molecular weight excluding hydrogens is 240 g/mol. The van der Waals surface area contributed by atoms with Crippen molar-refractivity contribution in [3.05, 3.63) is 65.5 Å². The van der Waals surface area contributed by atoms with Crippen LogP contribution in [0.15, 0.2) is 48.7 Å². The van der Waals surface area contributed by atoms with Gasteiger partial charge in [-0.05, 0) is 24.6 Å². The second-order valence-corrected chi connectivity index (χ2v) is 4.32. The highest BCUT2D eigenvalue weighted by molar-refractivity contribution is 5.93. The summed E-state index contributed by atoms with van der Waals surface area (Å²) in [7, 11) is 0. The fraction of sp³-hybridized carbons (Fsp3) is 0.200. The number of aliphatic hydroxyl groups is 1. The normalized spacial score (nSPS) is 11.9. The molecule has 2 rings (SSSR count). The maximum atomic E-state index is 11.8. The quantitative estimate of drug-likeness (QED) is 0.877. The van der Waals surface area contributed by atoms with Crippen LogP contribution >= 0.6 is 0 Å². The topological polar surface area (TPSA) is 62.2 Å². The van der Waals surface area contributed by atoms with E-state index in [-0.39, 0.29) is 12.5 Å². The molecule has 0 aliphatic heterocycles. The van der Waals surface area contributed by atoms with Crippen molar-refractivity contribution in [1.29, 1.82) is 0 Å². The van der Waals surface area contributed by atoms with Crippen LogP contribution in [0.5, 0.6) is 0 Å². The first-order valence-corrected chi connectivity index (χ1v) is 6.10. The number of nitrogens with one attached hydrogen (secondary N) is 1. The Morgan fingerprint density at radius 2 is 2.00 bits per heavy atom. The molecular formula is C15H16N2O2. The van der Waals surface area contributed by atoms with Gasteiger partial charge in [0.25, 0.3) is 5.91 Å². The minimum atomic E-state index is -0.705. The standard InChI is InChI=1S/C15H16N2O2/c1-11-7-8-13(9-16-11)15(19)17-10-14(18)12-5-3-2-4-6-12/h2-9,14,18H,10H2,1H3,(H,17,19). The fourth-order valence-electron chi connectivity index (χ4n) is 1.69. The first kappa shape index (κ1) is 13.2. The van der Waals surface area contributed by atoms with E-state index in [1.165, 1.54) is 6.20 Å². The lowest BCUT2D eigenvalue weighted by molar-refractivity contribution is 0.0916. The van der Waals surface area contributed by atoms with E-state index in [1.807, 2.05) is 37.3 Å². The van der Waals surface area contributed by atoms with Gasteiger partial charge in [0.15, 0.2) is 0 Å². The van der Waals surface area contributed by atoms with Crippen molar-refractivity contribution in [2.45, 2.75) is 13.0 Å².